The van der Waals surface area contributed by atoms with E-state index in [1.54, 1.807) is 0 Å². The second kappa shape index (κ2) is 7.81. The topological polar surface area (TPSA) is 119 Å². The Kier molecular flexibility index (Phi) is 5.95. The Morgan fingerprint density at radius 2 is 1.42 bits per heavy atom. The van der Waals surface area contributed by atoms with Gasteiger partial charge in [-0.25, -0.2) is 21.2 Å². The Morgan fingerprint density at radius 3 is 1.96 bits per heavy atom. The number of ether oxygens (including phenoxy) is 1. The van der Waals surface area contributed by atoms with Crippen molar-refractivity contribution >= 4 is 31.7 Å². The summed E-state index contributed by atoms with van der Waals surface area (Å²) < 4.78 is 69.9. The highest BCUT2D eigenvalue weighted by Gasteiger charge is 2.17. The van der Waals surface area contributed by atoms with Crippen LogP contribution in [-0.2, 0) is 29.6 Å². The van der Waals surface area contributed by atoms with Crippen LogP contribution < -0.4 is 9.44 Å². The van der Waals surface area contributed by atoms with Gasteiger partial charge in [0.05, 0.1) is 16.9 Å². The van der Waals surface area contributed by atoms with Crippen LogP contribution in [-0.4, -0.2) is 36.5 Å². The van der Waals surface area contributed by atoms with Gasteiger partial charge in [0, 0.05) is 5.69 Å². The second-order valence-electron chi connectivity index (χ2n) is 4.98. The van der Waals surface area contributed by atoms with Crippen LogP contribution in [0.3, 0.4) is 0 Å². The maximum Gasteiger partial charge on any atom is 0.320 e. The monoisotopic (exact) mass is 402 g/mol. The molecule has 0 spiro atoms. The van der Waals surface area contributed by atoms with Gasteiger partial charge in [0.25, 0.3) is 10.0 Å². The Balaban J connectivity index is 2.14. The van der Waals surface area contributed by atoms with Crippen molar-refractivity contribution in [3.63, 3.8) is 0 Å². The molecule has 0 fully saturated rings. The van der Waals surface area contributed by atoms with Crippen molar-refractivity contribution in [3.8, 4) is 0 Å². The third kappa shape index (κ3) is 5.00. The van der Waals surface area contributed by atoms with Gasteiger partial charge in [-0.05, 0) is 48.5 Å². The molecule has 26 heavy (non-hydrogen) atoms. The van der Waals surface area contributed by atoms with Crippen molar-refractivity contribution < 1.29 is 30.8 Å². The van der Waals surface area contributed by atoms with E-state index in [9.17, 15) is 26.0 Å². The summed E-state index contributed by atoms with van der Waals surface area (Å²) in [7, 11) is -6.78. The first-order valence-corrected chi connectivity index (χ1v) is 10.1. The summed E-state index contributed by atoms with van der Waals surface area (Å²) in [4.78, 5) is 10.7. The summed E-state index contributed by atoms with van der Waals surface area (Å²) in [6, 6.07) is 9.06. The number of sulfonamides is 2. The molecule has 0 saturated carbocycles. The Hall–Kier alpha value is -2.50. The first-order valence-electron chi connectivity index (χ1n) is 7.09. The van der Waals surface area contributed by atoms with Crippen molar-refractivity contribution in [2.75, 3.05) is 18.4 Å². The van der Waals surface area contributed by atoms with Crippen LogP contribution in [0.5, 0.6) is 0 Å². The van der Waals surface area contributed by atoms with Crippen molar-refractivity contribution in [1.82, 2.24) is 4.72 Å². The highest BCUT2D eigenvalue weighted by atomic mass is 32.2. The fourth-order valence-electron chi connectivity index (χ4n) is 1.84. The zero-order valence-corrected chi connectivity index (χ0v) is 15.1. The molecule has 0 amide bonds. The van der Waals surface area contributed by atoms with E-state index < -0.39 is 38.4 Å². The van der Waals surface area contributed by atoms with E-state index in [4.69, 9.17) is 0 Å². The molecule has 0 unspecified atom stereocenters. The van der Waals surface area contributed by atoms with Gasteiger partial charge in [-0.2, -0.15) is 4.72 Å². The molecule has 0 radical (unpaired) electrons. The fraction of sp³-hybridized carbons (Fsp3) is 0.133. The minimum absolute atomic E-state index is 0.112. The summed E-state index contributed by atoms with van der Waals surface area (Å²) >= 11 is 0. The molecule has 2 N–H and O–H groups in total. The van der Waals surface area contributed by atoms with E-state index >= 15 is 0 Å². The van der Waals surface area contributed by atoms with Crippen LogP contribution in [0.2, 0.25) is 0 Å². The number of rotatable bonds is 7. The quantitative estimate of drug-likeness (QED) is 0.669. The molecule has 0 saturated heterocycles. The molecule has 2 aromatic rings. The molecule has 0 heterocycles. The zero-order valence-electron chi connectivity index (χ0n) is 13.5. The Morgan fingerprint density at radius 1 is 0.923 bits per heavy atom. The van der Waals surface area contributed by atoms with Crippen LogP contribution in [0, 0.1) is 5.82 Å². The maximum absolute atomic E-state index is 12.9. The summed E-state index contributed by atoms with van der Waals surface area (Å²) in [5.74, 6) is -1.32. The molecule has 8 nitrogen and oxygen atoms in total. The lowest BCUT2D eigenvalue weighted by atomic mass is 10.3. The van der Waals surface area contributed by atoms with Gasteiger partial charge in [0.2, 0.25) is 10.0 Å². The Labute approximate surface area is 150 Å². The summed E-state index contributed by atoms with van der Waals surface area (Å²) in [6.07, 6.45) is 0. The molecular weight excluding hydrogens is 387 g/mol. The van der Waals surface area contributed by atoms with E-state index in [2.05, 4.69) is 9.46 Å². The first-order chi connectivity index (χ1) is 12.1. The third-order valence-electron chi connectivity index (χ3n) is 3.17. The number of nitrogens with one attached hydrogen (secondary N) is 2. The van der Waals surface area contributed by atoms with Gasteiger partial charge in [0.15, 0.2) is 0 Å². The van der Waals surface area contributed by atoms with Crippen molar-refractivity contribution in [1.29, 1.82) is 0 Å². The number of hydrogen-bond donors (Lipinski definition) is 2. The molecule has 0 aliphatic carbocycles. The second-order valence-corrected chi connectivity index (χ2v) is 8.43. The van der Waals surface area contributed by atoms with Gasteiger partial charge < -0.3 is 4.74 Å². The van der Waals surface area contributed by atoms with Crippen molar-refractivity contribution in [3.05, 3.63) is 54.3 Å². The third-order valence-corrected chi connectivity index (χ3v) is 5.99. The highest BCUT2D eigenvalue weighted by Crippen LogP contribution is 2.18. The van der Waals surface area contributed by atoms with Crippen LogP contribution in [0.4, 0.5) is 10.1 Å². The van der Waals surface area contributed by atoms with Crippen LogP contribution >= 0.6 is 0 Å². The van der Waals surface area contributed by atoms with E-state index in [1.807, 2.05) is 4.72 Å². The standard InChI is InChI=1S/C15H15FN2O6S2/c1-24-15(19)10-17-25(20,21)13-8-4-12(5-9-13)18-26(22,23)14-6-2-11(16)3-7-14/h2-9,17-18H,10H2,1H3. The number of halogens is 1. The molecule has 0 aliphatic heterocycles. The van der Waals surface area contributed by atoms with Gasteiger partial charge in [0.1, 0.15) is 12.4 Å². The number of esters is 1. The predicted octanol–water partition coefficient (Wildman–Crippen LogP) is 1.08. The largest absolute Gasteiger partial charge is 0.468 e. The minimum atomic E-state index is -3.95. The number of anilines is 1. The minimum Gasteiger partial charge on any atom is -0.468 e. The molecule has 0 aliphatic rings. The van der Waals surface area contributed by atoms with E-state index in [0.717, 1.165) is 31.4 Å². The molecule has 2 rings (SSSR count). The lowest BCUT2D eigenvalue weighted by Crippen LogP contribution is -2.30. The number of benzene rings is 2. The summed E-state index contributed by atoms with van der Waals surface area (Å²) in [5, 5.41) is 0. The lowest BCUT2D eigenvalue weighted by molar-refractivity contribution is -0.139. The van der Waals surface area contributed by atoms with Crippen LogP contribution in [0.25, 0.3) is 0 Å². The first kappa shape index (κ1) is 19.8. The normalized spacial score (nSPS) is 11.8. The smallest absolute Gasteiger partial charge is 0.320 e. The molecule has 0 bridgehead atoms. The van der Waals surface area contributed by atoms with E-state index in [0.29, 0.717) is 0 Å². The zero-order chi connectivity index (χ0) is 19.4. The number of hydrogen-bond acceptors (Lipinski definition) is 6. The summed E-state index contributed by atoms with van der Waals surface area (Å²) in [5.41, 5.74) is 0.112. The average Bonchev–Trinajstić information content (AvgIpc) is 2.60. The number of carbonyl (C=O) groups is 1. The number of carbonyl (C=O) groups excluding carboxylic acids is 1. The molecule has 0 atom stereocenters. The van der Waals surface area contributed by atoms with Gasteiger partial charge in [-0.1, -0.05) is 0 Å². The fourth-order valence-corrected chi connectivity index (χ4v) is 3.87. The highest BCUT2D eigenvalue weighted by molar-refractivity contribution is 7.92. The van der Waals surface area contributed by atoms with Crippen molar-refractivity contribution in [2.45, 2.75) is 9.79 Å². The van der Waals surface area contributed by atoms with Crippen molar-refractivity contribution in [2.24, 2.45) is 0 Å². The average molecular weight is 402 g/mol. The maximum atomic E-state index is 12.9. The Bertz CT molecular complexity index is 987. The van der Waals surface area contributed by atoms with Crippen LogP contribution in [0.1, 0.15) is 0 Å². The number of methoxy groups -OCH3 is 1. The SMILES string of the molecule is COC(=O)CNS(=O)(=O)c1ccc(NS(=O)(=O)c2ccc(F)cc2)cc1. The van der Waals surface area contributed by atoms with E-state index in [1.165, 1.54) is 24.3 Å². The van der Waals surface area contributed by atoms with Gasteiger partial charge in [-0.3, -0.25) is 9.52 Å². The molecule has 2 aromatic carbocycles. The molecule has 140 valence electrons. The summed E-state index contributed by atoms with van der Waals surface area (Å²) in [6.45, 7) is -0.530. The molecule has 11 heteroatoms. The van der Waals surface area contributed by atoms with E-state index in [-0.39, 0.29) is 15.5 Å². The lowest BCUT2D eigenvalue weighted by Gasteiger charge is -2.09. The van der Waals surface area contributed by atoms with Gasteiger partial charge in [-0.15, -0.1) is 0 Å². The predicted molar refractivity (Wildman–Crippen MR) is 90.9 cm³/mol. The molecular formula is C15H15FN2O6S2. The molecule has 0 aromatic heterocycles. The van der Waals surface area contributed by atoms with Gasteiger partial charge >= 0.3 is 5.97 Å². The van der Waals surface area contributed by atoms with Crippen LogP contribution in [0.15, 0.2) is 58.3 Å².